The van der Waals surface area contributed by atoms with Crippen molar-refractivity contribution in [1.82, 2.24) is 0 Å². The predicted molar refractivity (Wildman–Crippen MR) is 74.2 cm³/mol. The van der Waals surface area contributed by atoms with E-state index >= 15 is 0 Å². The van der Waals surface area contributed by atoms with Gasteiger partial charge in [-0.2, -0.15) is 0 Å². The highest BCUT2D eigenvalue weighted by atomic mass is 35.5. The number of benzene rings is 1. The molecule has 0 saturated carbocycles. The van der Waals surface area contributed by atoms with E-state index in [1.807, 2.05) is 27.7 Å². The van der Waals surface area contributed by atoms with Gasteiger partial charge in [0.15, 0.2) is 0 Å². The zero-order chi connectivity index (χ0) is 13.9. The van der Waals surface area contributed by atoms with Crippen LogP contribution in [0.15, 0.2) is 18.2 Å². The van der Waals surface area contributed by atoms with Crippen LogP contribution in [-0.2, 0) is 5.60 Å². The third-order valence-corrected chi connectivity index (χ3v) is 3.16. The van der Waals surface area contributed by atoms with E-state index in [9.17, 15) is 9.50 Å². The summed E-state index contributed by atoms with van der Waals surface area (Å²) in [5.74, 6) is 0.166. The van der Waals surface area contributed by atoms with Crippen molar-refractivity contribution in [3.05, 3.63) is 34.6 Å². The summed E-state index contributed by atoms with van der Waals surface area (Å²) in [7, 11) is 0. The highest BCUT2D eigenvalue weighted by molar-refractivity contribution is 6.30. The van der Waals surface area contributed by atoms with Crippen molar-refractivity contribution >= 4 is 11.6 Å². The third kappa shape index (κ3) is 3.96. The molecule has 1 aromatic carbocycles. The van der Waals surface area contributed by atoms with Gasteiger partial charge < -0.3 is 5.11 Å². The maximum Gasteiger partial charge on any atom is 0.130 e. The first-order chi connectivity index (χ1) is 8.24. The van der Waals surface area contributed by atoms with E-state index in [2.05, 4.69) is 0 Å². The molecule has 0 unspecified atom stereocenters. The molecule has 1 nitrogen and oxygen atoms in total. The van der Waals surface area contributed by atoms with Gasteiger partial charge in [0.1, 0.15) is 5.82 Å². The molecule has 102 valence electrons. The second-order valence-corrected chi connectivity index (χ2v) is 6.29. The SMILES string of the molecule is CC(C)CC(O)(CC(C)C)c1ccc(Cl)cc1F. The van der Waals surface area contributed by atoms with Gasteiger partial charge in [0.2, 0.25) is 0 Å². The topological polar surface area (TPSA) is 20.2 Å². The lowest BCUT2D eigenvalue weighted by molar-refractivity contribution is -0.00753. The maximum absolute atomic E-state index is 14.0. The molecule has 0 spiro atoms. The molecule has 18 heavy (non-hydrogen) atoms. The van der Waals surface area contributed by atoms with Crippen molar-refractivity contribution in [2.24, 2.45) is 11.8 Å². The van der Waals surface area contributed by atoms with Crippen LogP contribution in [0.25, 0.3) is 0 Å². The Morgan fingerprint density at radius 3 is 2.06 bits per heavy atom. The summed E-state index contributed by atoms with van der Waals surface area (Å²) < 4.78 is 14.0. The molecular weight excluding hydrogens is 251 g/mol. The standard InChI is InChI=1S/C15H22ClFO/c1-10(2)8-15(18,9-11(3)4)13-6-5-12(16)7-14(13)17/h5-7,10-11,18H,8-9H2,1-4H3. The monoisotopic (exact) mass is 272 g/mol. The zero-order valence-corrected chi connectivity index (χ0v) is 12.3. The van der Waals surface area contributed by atoms with Crippen molar-refractivity contribution in [3.63, 3.8) is 0 Å². The molecule has 1 aromatic rings. The minimum Gasteiger partial charge on any atom is -0.385 e. The molecule has 0 heterocycles. The highest BCUT2D eigenvalue weighted by Gasteiger charge is 2.33. The molecule has 0 aromatic heterocycles. The molecule has 0 bridgehead atoms. The Bertz CT molecular complexity index is 391. The summed E-state index contributed by atoms with van der Waals surface area (Å²) in [5.41, 5.74) is -0.758. The van der Waals surface area contributed by atoms with Crippen molar-refractivity contribution in [2.75, 3.05) is 0 Å². The lowest BCUT2D eigenvalue weighted by Gasteiger charge is -2.32. The summed E-state index contributed by atoms with van der Waals surface area (Å²) in [6.07, 6.45) is 1.09. The van der Waals surface area contributed by atoms with Gasteiger partial charge in [-0.25, -0.2) is 4.39 Å². The van der Waals surface area contributed by atoms with Crippen LogP contribution in [0, 0.1) is 17.7 Å². The third-order valence-electron chi connectivity index (χ3n) is 2.92. The Balaban J connectivity index is 3.16. The van der Waals surface area contributed by atoms with Crippen LogP contribution in [0.5, 0.6) is 0 Å². The molecule has 0 aliphatic carbocycles. The molecule has 0 amide bonds. The average molecular weight is 273 g/mol. The Labute approximate surface area is 114 Å². The summed E-state index contributed by atoms with van der Waals surface area (Å²) in [5, 5.41) is 11.2. The number of halogens is 2. The van der Waals surface area contributed by atoms with E-state index in [1.165, 1.54) is 6.07 Å². The number of hydrogen-bond donors (Lipinski definition) is 1. The lowest BCUT2D eigenvalue weighted by Crippen LogP contribution is -2.30. The molecule has 0 aliphatic heterocycles. The molecule has 0 atom stereocenters. The quantitative estimate of drug-likeness (QED) is 0.819. The van der Waals surface area contributed by atoms with Gasteiger partial charge in [0, 0.05) is 10.6 Å². The second-order valence-electron chi connectivity index (χ2n) is 5.85. The molecule has 3 heteroatoms. The van der Waals surface area contributed by atoms with Gasteiger partial charge in [-0.15, -0.1) is 0 Å². The smallest absolute Gasteiger partial charge is 0.130 e. The summed E-state index contributed by atoms with van der Waals surface area (Å²) in [6.45, 7) is 8.11. The number of rotatable bonds is 5. The Morgan fingerprint density at radius 2 is 1.67 bits per heavy atom. The minimum absolute atomic E-state index is 0.295. The highest BCUT2D eigenvalue weighted by Crippen LogP contribution is 2.36. The molecular formula is C15H22ClFO. The van der Waals surface area contributed by atoms with Crippen LogP contribution in [0.2, 0.25) is 5.02 Å². The maximum atomic E-state index is 14.0. The van der Waals surface area contributed by atoms with Crippen LogP contribution in [0.1, 0.15) is 46.1 Å². The second kappa shape index (κ2) is 6.03. The fourth-order valence-electron chi connectivity index (χ4n) is 2.52. The van der Waals surface area contributed by atoms with Gasteiger partial charge in [-0.3, -0.25) is 0 Å². The predicted octanol–water partition coefficient (Wildman–Crippen LogP) is 4.76. The van der Waals surface area contributed by atoms with Crippen molar-refractivity contribution in [2.45, 2.75) is 46.1 Å². The lowest BCUT2D eigenvalue weighted by atomic mass is 9.79. The molecule has 1 rings (SSSR count). The summed E-state index contributed by atoms with van der Waals surface area (Å²) >= 11 is 5.76. The summed E-state index contributed by atoms with van der Waals surface area (Å²) in [4.78, 5) is 0. The van der Waals surface area contributed by atoms with Crippen molar-refractivity contribution in [1.29, 1.82) is 0 Å². The number of hydrogen-bond acceptors (Lipinski definition) is 1. The molecule has 0 fully saturated rings. The molecule has 0 saturated heterocycles. The Morgan fingerprint density at radius 1 is 1.17 bits per heavy atom. The first-order valence-electron chi connectivity index (χ1n) is 6.42. The van der Waals surface area contributed by atoms with Gasteiger partial charge in [0.25, 0.3) is 0 Å². The van der Waals surface area contributed by atoms with Crippen LogP contribution in [0.4, 0.5) is 4.39 Å². The van der Waals surface area contributed by atoms with Crippen LogP contribution >= 0.6 is 11.6 Å². The van der Waals surface area contributed by atoms with Crippen LogP contribution < -0.4 is 0 Å². The Hall–Kier alpha value is -0.600. The molecule has 0 radical (unpaired) electrons. The minimum atomic E-state index is -1.11. The Kier molecular flexibility index (Phi) is 5.18. The fourth-order valence-corrected chi connectivity index (χ4v) is 2.68. The van der Waals surface area contributed by atoms with E-state index in [0.717, 1.165) is 0 Å². The largest absolute Gasteiger partial charge is 0.385 e. The molecule has 1 N–H and O–H groups in total. The van der Waals surface area contributed by atoms with Crippen molar-refractivity contribution in [3.8, 4) is 0 Å². The van der Waals surface area contributed by atoms with Gasteiger partial charge >= 0.3 is 0 Å². The normalized spacial score (nSPS) is 12.5. The van der Waals surface area contributed by atoms with E-state index in [0.29, 0.717) is 35.3 Å². The fraction of sp³-hybridized carbons (Fsp3) is 0.600. The van der Waals surface area contributed by atoms with Gasteiger partial charge in [0.05, 0.1) is 5.60 Å². The van der Waals surface area contributed by atoms with Gasteiger partial charge in [-0.1, -0.05) is 45.4 Å². The van der Waals surface area contributed by atoms with E-state index in [-0.39, 0.29) is 0 Å². The first kappa shape index (κ1) is 15.5. The first-order valence-corrected chi connectivity index (χ1v) is 6.80. The summed E-state index contributed by atoms with van der Waals surface area (Å²) in [6, 6.07) is 4.50. The average Bonchev–Trinajstić information content (AvgIpc) is 2.13. The van der Waals surface area contributed by atoms with Gasteiger partial charge in [-0.05, 0) is 36.8 Å². The van der Waals surface area contributed by atoms with E-state index in [4.69, 9.17) is 11.6 Å². The molecule has 0 aliphatic rings. The van der Waals surface area contributed by atoms with E-state index in [1.54, 1.807) is 12.1 Å². The van der Waals surface area contributed by atoms with E-state index < -0.39 is 11.4 Å². The van der Waals surface area contributed by atoms with Crippen LogP contribution in [0.3, 0.4) is 0 Å². The number of aliphatic hydroxyl groups is 1. The van der Waals surface area contributed by atoms with Crippen LogP contribution in [-0.4, -0.2) is 5.11 Å². The van der Waals surface area contributed by atoms with Crippen molar-refractivity contribution < 1.29 is 9.50 Å². The zero-order valence-electron chi connectivity index (χ0n) is 11.5.